The van der Waals surface area contributed by atoms with Crippen molar-refractivity contribution in [2.24, 2.45) is 73.9 Å². The molecule has 0 radical (unpaired) electrons. The van der Waals surface area contributed by atoms with Crippen LogP contribution in [-0.4, -0.2) is 0 Å². The van der Waals surface area contributed by atoms with Gasteiger partial charge in [0.2, 0.25) is 0 Å². The Morgan fingerprint density at radius 1 is 0.609 bits per heavy atom. The first-order chi connectivity index (χ1) is 10.4. The van der Waals surface area contributed by atoms with Crippen LogP contribution >= 0.6 is 0 Å². The Hall–Kier alpha value is 0. The number of hydrogen-bond donors (Lipinski definition) is 0. The van der Waals surface area contributed by atoms with Crippen LogP contribution in [0.5, 0.6) is 0 Å². The van der Waals surface area contributed by atoms with Crippen molar-refractivity contribution < 1.29 is 0 Å². The lowest BCUT2D eigenvalue weighted by molar-refractivity contribution is -0.601. The van der Waals surface area contributed by atoms with Crippen molar-refractivity contribution >= 4 is 0 Å². The van der Waals surface area contributed by atoms with E-state index in [1.807, 2.05) is 0 Å². The minimum absolute atomic E-state index is 0.535. The Balaban J connectivity index is 1.50. The maximum Gasteiger partial charge on any atom is -0.0167 e. The van der Waals surface area contributed by atoms with Gasteiger partial charge in [0, 0.05) is 0 Å². The monoisotopic (exact) mass is 312 g/mol. The molecule has 0 spiro atoms. The second-order valence-electron chi connectivity index (χ2n) is 12.4. The summed E-state index contributed by atoms with van der Waals surface area (Å²) >= 11 is 0. The van der Waals surface area contributed by atoms with Crippen LogP contribution in [-0.2, 0) is 0 Å². The maximum absolute atomic E-state index is 2.75. The summed E-state index contributed by atoms with van der Waals surface area (Å²) in [5.74, 6) is 7.26. The van der Waals surface area contributed by atoms with Gasteiger partial charge in [0.05, 0.1) is 0 Å². The van der Waals surface area contributed by atoms with Crippen molar-refractivity contribution in [1.82, 2.24) is 0 Å². The fourth-order valence-corrected chi connectivity index (χ4v) is 12.2. The minimum Gasteiger partial charge on any atom is -0.0619 e. The fourth-order valence-electron chi connectivity index (χ4n) is 12.2. The molecule has 23 heavy (non-hydrogen) atoms. The quantitative estimate of drug-likeness (QED) is 0.491. The molecule has 6 saturated carbocycles. The van der Waals surface area contributed by atoms with Gasteiger partial charge < -0.3 is 0 Å². The lowest BCUT2D eigenvalue weighted by atomic mass is 8.97. The Bertz CT molecular complexity index is 676. The van der Waals surface area contributed by atoms with Crippen molar-refractivity contribution in [3.63, 3.8) is 0 Å². The molecule has 12 atom stereocenters. The molecule has 0 nitrogen and oxygen atoms in total. The van der Waals surface area contributed by atoms with Crippen LogP contribution in [0.4, 0.5) is 0 Å². The van der Waals surface area contributed by atoms with E-state index in [0.29, 0.717) is 32.5 Å². The first kappa shape index (κ1) is 14.2. The highest BCUT2D eigenvalue weighted by molar-refractivity contribution is 5.49. The Morgan fingerprint density at radius 3 is 1.70 bits per heavy atom. The highest BCUT2D eigenvalue weighted by Gasteiger charge is 3.03. The van der Waals surface area contributed by atoms with E-state index in [1.165, 1.54) is 6.42 Å². The molecular formula is C23H36. The first-order valence-corrected chi connectivity index (χ1v) is 10.4. The van der Waals surface area contributed by atoms with Gasteiger partial charge in [0.1, 0.15) is 0 Å². The van der Waals surface area contributed by atoms with Crippen LogP contribution in [0, 0.1) is 73.9 Å². The largest absolute Gasteiger partial charge is 0.0619 e. The average molecular weight is 313 g/mol. The first-order valence-electron chi connectivity index (χ1n) is 10.4. The summed E-state index contributed by atoms with van der Waals surface area (Å²) in [6.45, 7) is 23.9. The minimum atomic E-state index is 0.535. The number of hydrogen-bond acceptors (Lipinski definition) is 0. The highest BCUT2D eigenvalue weighted by Crippen LogP contribution is 3.07. The molecule has 0 N–H and O–H groups in total. The topological polar surface area (TPSA) is 0 Å². The molecule has 0 aromatic carbocycles. The standard InChI is InChI=1S/C23H36/c1-11-10-13-15-17-16-14-12(2)18(3,4)20(14,6)22(16,8)23(17,9)21(15,7)19(11,13)5/h11-17H,10H2,1-9H3. The molecular weight excluding hydrogens is 276 g/mol. The van der Waals surface area contributed by atoms with Crippen LogP contribution in [0.1, 0.15) is 68.7 Å². The lowest BCUT2D eigenvalue weighted by Crippen LogP contribution is -3.03. The molecule has 0 aliphatic heterocycles. The van der Waals surface area contributed by atoms with Crippen molar-refractivity contribution in [2.45, 2.75) is 68.7 Å². The predicted molar refractivity (Wildman–Crippen MR) is 94.7 cm³/mol. The second-order valence-corrected chi connectivity index (χ2v) is 12.4. The third kappa shape index (κ3) is 0.714. The van der Waals surface area contributed by atoms with Gasteiger partial charge in [0.25, 0.3) is 0 Å². The molecule has 6 rings (SSSR count). The average Bonchev–Trinajstić information content (AvgIpc) is 2.51. The van der Waals surface area contributed by atoms with Crippen molar-refractivity contribution in [3.05, 3.63) is 0 Å². The van der Waals surface area contributed by atoms with Gasteiger partial charge in [-0.05, 0) is 80.3 Å². The van der Waals surface area contributed by atoms with Crippen LogP contribution in [0.25, 0.3) is 0 Å². The molecule has 12 unspecified atom stereocenters. The Morgan fingerprint density at radius 2 is 1.13 bits per heavy atom. The third-order valence-electron chi connectivity index (χ3n) is 14.0. The molecule has 0 saturated heterocycles. The smallest absolute Gasteiger partial charge is 0.0167 e. The summed E-state index contributed by atoms with van der Waals surface area (Å²) in [5.41, 5.74) is 3.67. The molecule has 0 heterocycles. The maximum atomic E-state index is 2.75. The van der Waals surface area contributed by atoms with Crippen molar-refractivity contribution in [2.75, 3.05) is 0 Å². The van der Waals surface area contributed by atoms with Gasteiger partial charge in [-0.3, -0.25) is 0 Å². The molecule has 6 fully saturated rings. The van der Waals surface area contributed by atoms with Gasteiger partial charge in [-0.2, -0.15) is 0 Å². The molecule has 128 valence electrons. The summed E-state index contributed by atoms with van der Waals surface area (Å²) in [5, 5.41) is 0. The fraction of sp³-hybridized carbons (Fsp3) is 1.00. The van der Waals surface area contributed by atoms with Crippen LogP contribution < -0.4 is 0 Å². The summed E-state index contributed by atoms with van der Waals surface area (Å²) in [7, 11) is 0. The van der Waals surface area contributed by atoms with Crippen LogP contribution in [0.2, 0.25) is 0 Å². The van der Waals surface area contributed by atoms with E-state index in [2.05, 4.69) is 62.3 Å². The molecule has 6 aliphatic rings. The highest BCUT2D eigenvalue weighted by atomic mass is 15.1. The van der Waals surface area contributed by atoms with Crippen molar-refractivity contribution in [3.8, 4) is 0 Å². The van der Waals surface area contributed by atoms with E-state index in [-0.39, 0.29) is 0 Å². The molecule has 6 aliphatic carbocycles. The zero-order valence-electron chi connectivity index (χ0n) is 16.7. The zero-order valence-corrected chi connectivity index (χ0v) is 16.7. The molecule has 0 aromatic heterocycles. The van der Waals surface area contributed by atoms with Crippen LogP contribution in [0.3, 0.4) is 0 Å². The zero-order chi connectivity index (χ0) is 16.7. The van der Waals surface area contributed by atoms with Crippen molar-refractivity contribution in [1.29, 1.82) is 0 Å². The van der Waals surface area contributed by atoms with E-state index in [9.17, 15) is 0 Å². The van der Waals surface area contributed by atoms with Gasteiger partial charge in [-0.25, -0.2) is 0 Å². The molecule has 0 amide bonds. The normalized spacial score (nSPS) is 81.0. The van der Waals surface area contributed by atoms with E-state index in [0.717, 1.165) is 41.4 Å². The summed E-state index contributed by atoms with van der Waals surface area (Å²) in [6.07, 6.45) is 1.54. The number of fused-ring (bicyclic) bond motifs is 13. The van der Waals surface area contributed by atoms with Gasteiger partial charge in [0.15, 0.2) is 0 Å². The SMILES string of the molecule is CC1C2C3C4C5C6CC(C)C6(C)C5(C)C4(C)C3(C)C2(C)C1(C)C. The Kier molecular flexibility index (Phi) is 1.78. The summed E-state index contributed by atoms with van der Waals surface area (Å²) in [4.78, 5) is 0. The van der Waals surface area contributed by atoms with Gasteiger partial charge in [-0.15, -0.1) is 0 Å². The molecule has 0 bridgehead atoms. The summed E-state index contributed by atoms with van der Waals surface area (Å²) in [6, 6.07) is 0. The Labute approximate surface area is 143 Å². The van der Waals surface area contributed by atoms with Crippen LogP contribution in [0.15, 0.2) is 0 Å². The number of rotatable bonds is 0. The van der Waals surface area contributed by atoms with E-state index in [4.69, 9.17) is 0 Å². The van der Waals surface area contributed by atoms with E-state index < -0.39 is 0 Å². The van der Waals surface area contributed by atoms with E-state index in [1.54, 1.807) is 0 Å². The van der Waals surface area contributed by atoms with Gasteiger partial charge in [-0.1, -0.05) is 62.3 Å². The summed E-state index contributed by atoms with van der Waals surface area (Å²) < 4.78 is 0. The van der Waals surface area contributed by atoms with E-state index >= 15 is 0 Å². The molecule has 0 aromatic rings. The third-order valence-corrected chi connectivity index (χ3v) is 14.0. The molecule has 0 heteroatoms. The van der Waals surface area contributed by atoms with Gasteiger partial charge >= 0.3 is 0 Å². The second kappa shape index (κ2) is 2.88. The lowest BCUT2D eigenvalue weighted by Gasteiger charge is -3.06. The predicted octanol–water partition coefficient (Wildman–Crippen LogP) is 5.87.